The van der Waals surface area contributed by atoms with Crippen LogP contribution in [-0.2, 0) is 6.42 Å². The zero-order chi connectivity index (χ0) is 12.4. The van der Waals surface area contributed by atoms with Gasteiger partial charge in [0, 0.05) is 0 Å². The van der Waals surface area contributed by atoms with Gasteiger partial charge in [0.25, 0.3) is 0 Å². The second kappa shape index (κ2) is 4.57. The van der Waals surface area contributed by atoms with Gasteiger partial charge in [-0.05, 0) is 41.4 Å². The van der Waals surface area contributed by atoms with Gasteiger partial charge in [-0.1, -0.05) is 46.8 Å². The topological polar surface area (TPSA) is 0 Å². The van der Waals surface area contributed by atoms with Gasteiger partial charge in [0.1, 0.15) is 5.82 Å². The maximum atomic E-state index is 12.8. The van der Waals surface area contributed by atoms with Crippen molar-refractivity contribution in [2.75, 3.05) is 0 Å². The molecular formula is C15H23F. The summed E-state index contributed by atoms with van der Waals surface area (Å²) in [6.45, 7) is 11.4. The highest BCUT2D eigenvalue weighted by atomic mass is 19.1. The van der Waals surface area contributed by atoms with E-state index in [-0.39, 0.29) is 5.82 Å². The lowest BCUT2D eigenvalue weighted by Gasteiger charge is -2.39. The first kappa shape index (κ1) is 13.2. The number of rotatable bonds is 3. The second-order valence-electron chi connectivity index (χ2n) is 6.26. The molecule has 0 aliphatic heterocycles. The molecule has 0 N–H and O–H groups in total. The molecule has 0 aliphatic rings. The molecule has 0 heterocycles. The summed E-state index contributed by atoms with van der Waals surface area (Å²) in [4.78, 5) is 0. The SMILES string of the molecule is CC(C)(C)C(C)(C)CCc1ccc(F)cc1. The van der Waals surface area contributed by atoms with Crippen LogP contribution in [0.25, 0.3) is 0 Å². The van der Waals surface area contributed by atoms with Gasteiger partial charge in [-0.15, -0.1) is 0 Å². The monoisotopic (exact) mass is 222 g/mol. The summed E-state index contributed by atoms with van der Waals surface area (Å²) >= 11 is 0. The minimum absolute atomic E-state index is 0.154. The molecular weight excluding hydrogens is 199 g/mol. The Balaban J connectivity index is 2.61. The van der Waals surface area contributed by atoms with Crippen molar-refractivity contribution in [2.24, 2.45) is 10.8 Å². The van der Waals surface area contributed by atoms with Crippen LogP contribution in [0.4, 0.5) is 4.39 Å². The van der Waals surface area contributed by atoms with Gasteiger partial charge in [-0.3, -0.25) is 0 Å². The van der Waals surface area contributed by atoms with Crippen LogP contribution in [0, 0.1) is 16.6 Å². The highest BCUT2D eigenvalue weighted by Crippen LogP contribution is 2.41. The largest absolute Gasteiger partial charge is 0.207 e. The summed E-state index contributed by atoms with van der Waals surface area (Å²) < 4.78 is 12.8. The normalized spacial score (nSPS) is 12.9. The predicted octanol–water partition coefficient (Wildman–Crippen LogP) is 4.83. The zero-order valence-electron chi connectivity index (χ0n) is 11.1. The second-order valence-corrected chi connectivity index (χ2v) is 6.26. The third-order valence-electron chi connectivity index (χ3n) is 3.98. The summed E-state index contributed by atoms with van der Waals surface area (Å²) in [5, 5.41) is 0. The molecule has 0 bridgehead atoms. The quantitative estimate of drug-likeness (QED) is 0.687. The van der Waals surface area contributed by atoms with E-state index < -0.39 is 0 Å². The third kappa shape index (κ3) is 3.33. The molecule has 0 atom stereocenters. The van der Waals surface area contributed by atoms with E-state index in [1.165, 1.54) is 5.56 Å². The van der Waals surface area contributed by atoms with Crippen molar-refractivity contribution >= 4 is 0 Å². The highest BCUT2D eigenvalue weighted by Gasteiger charge is 2.31. The van der Waals surface area contributed by atoms with Crippen molar-refractivity contribution in [2.45, 2.75) is 47.5 Å². The first-order chi connectivity index (χ1) is 7.22. The van der Waals surface area contributed by atoms with Crippen molar-refractivity contribution in [1.29, 1.82) is 0 Å². The van der Waals surface area contributed by atoms with Gasteiger partial charge >= 0.3 is 0 Å². The molecule has 0 radical (unpaired) electrons. The minimum Gasteiger partial charge on any atom is -0.207 e. The average molecular weight is 222 g/mol. The minimum atomic E-state index is -0.154. The fourth-order valence-electron chi connectivity index (χ4n) is 1.48. The van der Waals surface area contributed by atoms with E-state index in [2.05, 4.69) is 34.6 Å². The molecule has 1 rings (SSSR count). The summed E-state index contributed by atoms with van der Waals surface area (Å²) in [5.74, 6) is -0.154. The smallest absolute Gasteiger partial charge is 0.123 e. The molecule has 0 unspecified atom stereocenters. The van der Waals surface area contributed by atoms with Crippen LogP contribution in [0.2, 0.25) is 0 Å². The lowest BCUT2D eigenvalue weighted by atomic mass is 9.66. The summed E-state index contributed by atoms with van der Waals surface area (Å²) in [5.41, 5.74) is 1.81. The van der Waals surface area contributed by atoms with Crippen LogP contribution in [-0.4, -0.2) is 0 Å². The Hall–Kier alpha value is -0.850. The van der Waals surface area contributed by atoms with Gasteiger partial charge in [0.15, 0.2) is 0 Å². The molecule has 1 heteroatoms. The Bertz CT molecular complexity index is 327. The Kier molecular flexibility index (Phi) is 3.77. The maximum Gasteiger partial charge on any atom is 0.123 e. The number of benzene rings is 1. The van der Waals surface area contributed by atoms with Crippen molar-refractivity contribution in [1.82, 2.24) is 0 Å². The molecule has 16 heavy (non-hydrogen) atoms. The van der Waals surface area contributed by atoms with Crippen LogP contribution in [0.5, 0.6) is 0 Å². The Labute approximate surface area is 98.9 Å². The van der Waals surface area contributed by atoms with Crippen LogP contribution in [0.1, 0.15) is 46.6 Å². The fourth-order valence-corrected chi connectivity index (χ4v) is 1.48. The lowest BCUT2D eigenvalue weighted by Crippen LogP contribution is -2.30. The van der Waals surface area contributed by atoms with E-state index in [0.717, 1.165) is 12.8 Å². The van der Waals surface area contributed by atoms with E-state index in [9.17, 15) is 4.39 Å². The van der Waals surface area contributed by atoms with Gasteiger partial charge in [-0.25, -0.2) is 4.39 Å². The number of halogens is 1. The number of hydrogen-bond acceptors (Lipinski definition) is 0. The zero-order valence-corrected chi connectivity index (χ0v) is 11.1. The summed E-state index contributed by atoms with van der Waals surface area (Å²) in [7, 11) is 0. The molecule has 90 valence electrons. The summed E-state index contributed by atoms with van der Waals surface area (Å²) in [6, 6.07) is 6.85. The molecule has 0 saturated heterocycles. The predicted molar refractivity (Wildman–Crippen MR) is 68.0 cm³/mol. The van der Waals surface area contributed by atoms with E-state index >= 15 is 0 Å². The van der Waals surface area contributed by atoms with Crippen LogP contribution in [0.15, 0.2) is 24.3 Å². The van der Waals surface area contributed by atoms with Gasteiger partial charge in [0.05, 0.1) is 0 Å². The molecule has 1 aromatic rings. The van der Waals surface area contributed by atoms with Crippen molar-refractivity contribution < 1.29 is 4.39 Å². The van der Waals surface area contributed by atoms with Crippen LogP contribution < -0.4 is 0 Å². The van der Waals surface area contributed by atoms with Crippen LogP contribution >= 0.6 is 0 Å². The molecule has 0 spiro atoms. The lowest BCUT2D eigenvalue weighted by molar-refractivity contribution is 0.120. The van der Waals surface area contributed by atoms with E-state index in [1.807, 2.05) is 12.1 Å². The Morgan fingerprint density at radius 2 is 1.44 bits per heavy atom. The van der Waals surface area contributed by atoms with Crippen molar-refractivity contribution in [3.8, 4) is 0 Å². The third-order valence-corrected chi connectivity index (χ3v) is 3.98. The Morgan fingerprint density at radius 3 is 1.88 bits per heavy atom. The van der Waals surface area contributed by atoms with E-state index in [4.69, 9.17) is 0 Å². The summed E-state index contributed by atoms with van der Waals surface area (Å²) in [6.07, 6.45) is 2.15. The molecule has 0 saturated carbocycles. The standard InChI is InChI=1S/C15H23F/c1-14(2,3)15(4,5)11-10-12-6-8-13(16)9-7-12/h6-9H,10-11H2,1-5H3. The molecule has 1 aromatic carbocycles. The van der Waals surface area contributed by atoms with Crippen molar-refractivity contribution in [3.05, 3.63) is 35.6 Å². The van der Waals surface area contributed by atoms with Crippen molar-refractivity contribution in [3.63, 3.8) is 0 Å². The molecule has 0 amide bonds. The maximum absolute atomic E-state index is 12.8. The van der Waals surface area contributed by atoms with Gasteiger partial charge < -0.3 is 0 Å². The van der Waals surface area contributed by atoms with E-state index in [0.29, 0.717) is 10.8 Å². The molecule has 0 aromatic heterocycles. The van der Waals surface area contributed by atoms with Gasteiger partial charge in [0.2, 0.25) is 0 Å². The molecule has 0 nitrogen and oxygen atoms in total. The molecule has 0 fully saturated rings. The van der Waals surface area contributed by atoms with E-state index in [1.54, 1.807) is 12.1 Å². The first-order valence-corrected chi connectivity index (χ1v) is 5.97. The highest BCUT2D eigenvalue weighted by molar-refractivity contribution is 5.16. The van der Waals surface area contributed by atoms with Gasteiger partial charge in [-0.2, -0.15) is 0 Å². The first-order valence-electron chi connectivity index (χ1n) is 5.97. The Morgan fingerprint density at radius 1 is 0.938 bits per heavy atom. The number of hydrogen-bond donors (Lipinski definition) is 0. The molecule has 0 aliphatic carbocycles. The average Bonchev–Trinajstić information content (AvgIpc) is 2.15. The fraction of sp³-hybridized carbons (Fsp3) is 0.600. The van der Waals surface area contributed by atoms with Crippen LogP contribution in [0.3, 0.4) is 0 Å². The number of aryl methyl sites for hydroxylation is 1.